The Morgan fingerprint density at radius 2 is 1.91 bits per heavy atom. The fourth-order valence-corrected chi connectivity index (χ4v) is 2.57. The summed E-state index contributed by atoms with van der Waals surface area (Å²) in [5, 5.41) is 25.2. The maximum atomic E-state index is 11.1. The zero-order valence-electron chi connectivity index (χ0n) is 12.2. The number of aliphatic hydroxyl groups excluding tert-OH is 1. The molecule has 0 fully saturated rings. The lowest BCUT2D eigenvalue weighted by Crippen LogP contribution is -2.15. The van der Waals surface area contributed by atoms with Crippen LogP contribution in [0.2, 0.25) is 0 Å². The highest BCUT2D eigenvalue weighted by Gasteiger charge is 2.17. The average molecular weight is 309 g/mol. The van der Waals surface area contributed by atoms with Gasteiger partial charge in [-0.15, -0.1) is 0 Å². The molecule has 23 heavy (non-hydrogen) atoms. The number of nitrogens with one attached hydrogen (secondary N) is 1. The minimum absolute atomic E-state index is 0.0129. The van der Waals surface area contributed by atoms with E-state index < -0.39 is 4.92 Å². The van der Waals surface area contributed by atoms with Gasteiger partial charge in [-0.1, -0.05) is 30.3 Å². The van der Waals surface area contributed by atoms with Crippen LogP contribution in [0, 0.1) is 10.1 Å². The molecule has 1 heterocycles. The number of hydrogen-bond donors (Lipinski definition) is 2. The van der Waals surface area contributed by atoms with Gasteiger partial charge >= 0.3 is 0 Å². The molecule has 1 atom stereocenters. The first-order valence-electron chi connectivity index (χ1n) is 7.14. The van der Waals surface area contributed by atoms with Gasteiger partial charge in [0.15, 0.2) is 0 Å². The smallest absolute Gasteiger partial charge is 0.278 e. The van der Waals surface area contributed by atoms with E-state index in [0.29, 0.717) is 10.8 Å². The fraction of sp³-hybridized carbons (Fsp3) is 0.118. The van der Waals surface area contributed by atoms with Crippen molar-refractivity contribution in [3.8, 4) is 0 Å². The number of rotatable bonds is 5. The summed E-state index contributed by atoms with van der Waals surface area (Å²) in [5.74, 6) is 0. The highest BCUT2D eigenvalue weighted by atomic mass is 16.6. The number of nitrogens with zero attached hydrogens (tertiary/aromatic N) is 2. The summed E-state index contributed by atoms with van der Waals surface area (Å²) < 4.78 is 0. The molecule has 0 aliphatic carbocycles. The number of nitro benzene ring substituents is 1. The highest BCUT2D eigenvalue weighted by molar-refractivity contribution is 5.99. The Balaban J connectivity index is 2.03. The maximum Gasteiger partial charge on any atom is 0.278 e. The zero-order chi connectivity index (χ0) is 16.2. The topological polar surface area (TPSA) is 88.3 Å². The van der Waals surface area contributed by atoms with E-state index in [1.165, 1.54) is 12.3 Å². The molecular formula is C17H15N3O3. The van der Waals surface area contributed by atoms with Crippen molar-refractivity contribution in [2.24, 2.45) is 0 Å². The monoisotopic (exact) mass is 309 g/mol. The molecule has 0 aliphatic rings. The van der Waals surface area contributed by atoms with Gasteiger partial charge in [0.2, 0.25) is 0 Å². The van der Waals surface area contributed by atoms with Crippen molar-refractivity contribution in [1.29, 1.82) is 0 Å². The molecule has 3 aromatic rings. The minimum Gasteiger partial charge on any atom is -0.394 e. The molecule has 0 aliphatic heterocycles. The molecule has 0 spiro atoms. The summed E-state index contributed by atoms with van der Waals surface area (Å²) in [7, 11) is 0. The number of pyridine rings is 1. The van der Waals surface area contributed by atoms with Gasteiger partial charge in [0, 0.05) is 29.5 Å². The van der Waals surface area contributed by atoms with Crippen LogP contribution >= 0.6 is 0 Å². The molecule has 2 aromatic carbocycles. The number of aromatic nitrogens is 1. The molecule has 1 aromatic heterocycles. The third-order valence-electron chi connectivity index (χ3n) is 3.71. The maximum absolute atomic E-state index is 11.1. The largest absolute Gasteiger partial charge is 0.394 e. The van der Waals surface area contributed by atoms with E-state index >= 15 is 0 Å². The van der Waals surface area contributed by atoms with Gasteiger partial charge in [0.1, 0.15) is 0 Å². The van der Waals surface area contributed by atoms with Gasteiger partial charge in [-0.3, -0.25) is 15.1 Å². The first-order valence-corrected chi connectivity index (χ1v) is 7.14. The van der Waals surface area contributed by atoms with Crippen LogP contribution in [-0.2, 0) is 0 Å². The number of fused-ring (bicyclic) bond motifs is 1. The number of aliphatic hydroxyl groups is 1. The number of non-ortho nitro benzene ring substituents is 1. The Morgan fingerprint density at radius 1 is 1.13 bits per heavy atom. The normalized spacial score (nSPS) is 12.0. The molecule has 0 amide bonds. The van der Waals surface area contributed by atoms with Gasteiger partial charge in [-0.05, 0) is 17.7 Å². The average Bonchev–Trinajstić information content (AvgIpc) is 2.60. The molecule has 0 saturated carbocycles. The molecule has 116 valence electrons. The first-order chi connectivity index (χ1) is 11.2. The van der Waals surface area contributed by atoms with E-state index in [9.17, 15) is 15.2 Å². The number of hydrogen-bond acceptors (Lipinski definition) is 5. The second kappa shape index (κ2) is 6.41. The third kappa shape index (κ3) is 2.97. The Bertz CT molecular complexity index is 837. The van der Waals surface area contributed by atoms with E-state index in [4.69, 9.17) is 0 Å². The van der Waals surface area contributed by atoms with Crippen LogP contribution in [0.5, 0.6) is 0 Å². The third-order valence-corrected chi connectivity index (χ3v) is 3.71. The molecule has 2 N–H and O–H groups in total. The Morgan fingerprint density at radius 3 is 2.61 bits per heavy atom. The van der Waals surface area contributed by atoms with Crippen LogP contribution in [-0.4, -0.2) is 21.6 Å². The molecule has 6 nitrogen and oxygen atoms in total. The molecule has 0 radical (unpaired) electrons. The van der Waals surface area contributed by atoms with Crippen LogP contribution in [0.15, 0.2) is 60.9 Å². The van der Waals surface area contributed by atoms with Gasteiger partial charge in [-0.25, -0.2) is 0 Å². The molecule has 0 bridgehead atoms. The lowest BCUT2D eigenvalue weighted by molar-refractivity contribution is -0.383. The molecule has 3 rings (SSSR count). The highest BCUT2D eigenvalue weighted by Crippen LogP contribution is 2.32. The van der Waals surface area contributed by atoms with Gasteiger partial charge < -0.3 is 10.4 Å². The lowest BCUT2D eigenvalue weighted by Gasteiger charge is -2.19. The van der Waals surface area contributed by atoms with Gasteiger partial charge in [-0.2, -0.15) is 0 Å². The second-order valence-corrected chi connectivity index (χ2v) is 5.10. The quantitative estimate of drug-likeness (QED) is 0.557. The number of nitro groups is 1. The van der Waals surface area contributed by atoms with E-state index in [1.54, 1.807) is 18.3 Å². The van der Waals surface area contributed by atoms with Crippen molar-refractivity contribution >= 4 is 22.1 Å². The Labute approximate surface area is 132 Å². The van der Waals surface area contributed by atoms with E-state index in [0.717, 1.165) is 11.3 Å². The second-order valence-electron chi connectivity index (χ2n) is 5.10. The summed E-state index contributed by atoms with van der Waals surface area (Å²) in [6.07, 6.45) is 3.07. The van der Waals surface area contributed by atoms with E-state index in [2.05, 4.69) is 10.3 Å². The Kier molecular flexibility index (Phi) is 4.16. The zero-order valence-corrected chi connectivity index (χ0v) is 12.2. The molecular weight excluding hydrogens is 294 g/mol. The van der Waals surface area contributed by atoms with Crippen LogP contribution in [0.3, 0.4) is 0 Å². The number of benzene rings is 2. The van der Waals surface area contributed by atoms with Crippen LogP contribution in [0.1, 0.15) is 11.6 Å². The van der Waals surface area contributed by atoms with Gasteiger partial charge in [0.05, 0.1) is 23.0 Å². The minimum atomic E-state index is -0.422. The van der Waals surface area contributed by atoms with Crippen molar-refractivity contribution in [2.75, 3.05) is 11.9 Å². The Hall–Kier alpha value is -2.99. The van der Waals surface area contributed by atoms with Crippen LogP contribution in [0.25, 0.3) is 10.8 Å². The van der Waals surface area contributed by atoms with Crippen molar-refractivity contribution in [3.05, 3.63) is 76.6 Å². The van der Waals surface area contributed by atoms with Crippen LogP contribution in [0.4, 0.5) is 11.4 Å². The predicted molar refractivity (Wildman–Crippen MR) is 88.3 cm³/mol. The van der Waals surface area contributed by atoms with E-state index in [1.807, 2.05) is 30.3 Å². The summed E-state index contributed by atoms with van der Waals surface area (Å²) in [5.41, 5.74) is 1.67. The summed E-state index contributed by atoms with van der Waals surface area (Å²) >= 11 is 0. The van der Waals surface area contributed by atoms with Crippen LogP contribution < -0.4 is 5.32 Å². The first kappa shape index (κ1) is 14.9. The molecule has 0 saturated heterocycles. The SMILES string of the molecule is O=[N+]([O-])c1ccc(N[C@H](CO)c2ccccc2)c2ccncc12. The van der Waals surface area contributed by atoms with E-state index in [-0.39, 0.29) is 18.3 Å². The molecule has 0 unspecified atom stereocenters. The van der Waals surface area contributed by atoms with Gasteiger partial charge in [0.25, 0.3) is 5.69 Å². The summed E-state index contributed by atoms with van der Waals surface area (Å²) in [4.78, 5) is 14.7. The predicted octanol–water partition coefficient (Wildman–Crippen LogP) is 3.29. The van der Waals surface area contributed by atoms with Crippen molar-refractivity contribution in [1.82, 2.24) is 4.98 Å². The lowest BCUT2D eigenvalue weighted by atomic mass is 10.1. The van der Waals surface area contributed by atoms with Crippen molar-refractivity contribution < 1.29 is 10.0 Å². The summed E-state index contributed by atoms with van der Waals surface area (Å²) in [6, 6.07) is 14.1. The molecule has 6 heteroatoms. The number of anilines is 1. The van der Waals surface area contributed by atoms with Crippen molar-refractivity contribution in [2.45, 2.75) is 6.04 Å². The van der Waals surface area contributed by atoms with Crippen molar-refractivity contribution in [3.63, 3.8) is 0 Å². The summed E-state index contributed by atoms with van der Waals surface area (Å²) in [6.45, 7) is -0.0897. The fourth-order valence-electron chi connectivity index (χ4n) is 2.57. The standard InChI is InChI=1S/C17H15N3O3/c21-11-16(12-4-2-1-3-5-12)19-15-6-7-17(20(22)23)14-10-18-9-8-13(14)15/h1-10,16,19,21H,11H2/t16-/m1/s1.